The number of carbonyl (C=O) groups excluding carboxylic acids is 1. The van der Waals surface area contributed by atoms with Gasteiger partial charge in [0.1, 0.15) is 28.7 Å². The molecule has 1 aromatic heterocycles. The average Bonchev–Trinajstić information content (AvgIpc) is 2.79. The molecule has 0 atom stereocenters. The van der Waals surface area contributed by atoms with E-state index in [1.54, 1.807) is 20.8 Å². The molecule has 1 N–H and O–H groups in total. The van der Waals surface area contributed by atoms with Crippen molar-refractivity contribution in [3.63, 3.8) is 0 Å². The van der Waals surface area contributed by atoms with Crippen molar-refractivity contribution in [1.82, 2.24) is 9.78 Å². The molecule has 120 valence electrons. The molecule has 0 saturated carbocycles. The highest BCUT2D eigenvalue weighted by molar-refractivity contribution is 5.86. The molecule has 1 amide bonds. The highest BCUT2D eigenvalue weighted by atomic mass is 19.1. The first-order valence-electron chi connectivity index (χ1n) is 6.65. The Bertz CT molecular complexity index is 788. The largest absolute Gasteiger partial charge is 0.444 e. The number of anilines is 1. The van der Waals surface area contributed by atoms with Gasteiger partial charge in [-0.1, -0.05) is 0 Å². The lowest BCUT2D eigenvalue weighted by molar-refractivity contribution is 0.0635. The minimum Gasteiger partial charge on any atom is -0.444 e. The van der Waals surface area contributed by atoms with Crippen molar-refractivity contribution in [2.75, 3.05) is 5.32 Å². The van der Waals surface area contributed by atoms with Gasteiger partial charge in [-0.25, -0.2) is 18.3 Å². The smallest absolute Gasteiger partial charge is 0.413 e. The van der Waals surface area contributed by atoms with E-state index in [1.165, 1.54) is 0 Å². The Hall–Kier alpha value is -2.95. The van der Waals surface area contributed by atoms with Gasteiger partial charge in [-0.2, -0.15) is 10.4 Å². The zero-order valence-corrected chi connectivity index (χ0v) is 12.7. The summed E-state index contributed by atoms with van der Waals surface area (Å²) < 4.78 is 33.0. The lowest BCUT2D eigenvalue weighted by Crippen LogP contribution is -2.28. The summed E-state index contributed by atoms with van der Waals surface area (Å²) in [5.74, 6) is -1.70. The second-order valence-electron chi connectivity index (χ2n) is 5.65. The molecule has 0 fully saturated rings. The van der Waals surface area contributed by atoms with Crippen molar-refractivity contribution in [3.05, 3.63) is 41.6 Å². The number of hydrogen-bond acceptors (Lipinski definition) is 4. The molecule has 0 unspecified atom stereocenters. The molecule has 0 bridgehead atoms. The van der Waals surface area contributed by atoms with Gasteiger partial charge in [0.25, 0.3) is 0 Å². The fraction of sp³-hybridized carbons (Fsp3) is 0.267. The molecular weight excluding hydrogens is 306 g/mol. The van der Waals surface area contributed by atoms with E-state index < -0.39 is 23.3 Å². The summed E-state index contributed by atoms with van der Waals surface area (Å²) in [6.07, 6.45) is 0.341. The van der Waals surface area contributed by atoms with E-state index in [0.29, 0.717) is 6.07 Å². The summed E-state index contributed by atoms with van der Waals surface area (Å²) in [6.45, 7) is 5.03. The summed E-state index contributed by atoms with van der Waals surface area (Å²) in [5.41, 5.74) is -0.846. The van der Waals surface area contributed by atoms with Gasteiger partial charge in [-0.3, -0.25) is 5.32 Å². The van der Waals surface area contributed by atoms with E-state index in [9.17, 15) is 13.6 Å². The van der Waals surface area contributed by atoms with Gasteiger partial charge in [0.15, 0.2) is 11.6 Å². The SMILES string of the molecule is CC(C)(C)OC(=O)Nc1c(C#N)cnn1-c1ccc(F)cc1F. The number of ether oxygens (including phenoxy) is 1. The van der Waals surface area contributed by atoms with Crippen molar-refractivity contribution in [1.29, 1.82) is 5.26 Å². The van der Waals surface area contributed by atoms with Crippen molar-refractivity contribution in [2.24, 2.45) is 0 Å². The molecule has 2 aromatic rings. The summed E-state index contributed by atoms with van der Waals surface area (Å²) in [7, 11) is 0. The quantitative estimate of drug-likeness (QED) is 0.920. The normalized spacial score (nSPS) is 11.0. The molecule has 23 heavy (non-hydrogen) atoms. The number of amides is 1. The molecule has 0 saturated heterocycles. The van der Waals surface area contributed by atoms with Crippen LogP contribution in [-0.4, -0.2) is 21.5 Å². The summed E-state index contributed by atoms with van der Waals surface area (Å²) in [6, 6.07) is 4.71. The first-order chi connectivity index (χ1) is 10.7. The van der Waals surface area contributed by atoms with Crippen molar-refractivity contribution in [2.45, 2.75) is 26.4 Å². The number of nitriles is 1. The van der Waals surface area contributed by atoms with Crippen molar-refractivity contribution in [3.8, 4) is 11.8 Å². The first-order valence-corrected chi connectivity index (χ1v) is 6.65. The third-order valence-electron chi connectivity index (χ3n) is 2.65. The van der Waals surface area contributed by atoms with Gasteiger partial charge in [0.2, 0.25) is 0 Å². The summed E-state index contributed by atoms with van der Waals surface area (Å²) in [5, 5.41) is 15.3. The van der Waals surface area contributed by atoms with E-state index in [-0.39, 0.29) is 17.1 Å². The number of benzene rings is 1. The topological polar surface area (TPSA) is 79.9 Å². The van der Waals surface area contributed by atoms with E-state index >= 15 is 0 Å². The van der Waals surface area contributed by atoms with Crippen LogP contribution in [0.1, 0.15) is 26.3 Å². The van der Waals surface area contributed by atoms with Gasteiger partial charge < -0.3 is 4.74 Å². The molecule has 1 heterocycles. The van der Waals surface area contributed by atoms with Gasteiger partial charge in [0.05, 0.1) is 6.20 Å². The Kier molecular flexibility index (Phi) is 4.31. The highest BCUT2D eigenvalue weighted by Crippen LogP contribution is 2.23. The number of nitrogens with one attached hydrogen (secondary N) is 1. The van der Waals surface area contributed by atoms with E-state index in [1.807, 2.05) is 6.07 Å². The van der Waals surface area contributed by atoms with E-state index in [0.717, 1.165) is 23.0 Å². The Morgan fingerprint density at radius 3 is 2.65 bits per heavy atom. The van der Waals surface area contributed by atoms with Crippen LogP contribution in [-0.2, 0) is 4.74 Å². The molecule has 6 nitrogen and oxygen atoms in total. The molecule has 0 aliphatic carbocycles. The number of rotatable bonds is 2. The van der Waals surface area contributed by atoms with Crippen LogP contribution in [0, 0.1) is 23.0 Å². The van der Waals surface area contributed by atoms with E-state index in [2.05, 4.69) is 10.4 Å². The molecule has 0 radical (unpaired) electrons. The second-order valence-corrected chi connectivity index (χ2v) is 5.65. The predicted molar refractivity (Wildman–Crippen MR) is 78.1 cm³/mol. The molecule has 2 rings (SSSR count). The minimum atomic E-state index is -0.884. The minimum absolute atomic E-state index is 0.0135. The van der Waals surface area contributed by atoms with E-state index in [4.69, 9.17) is 10.00 Å². The standard InChI is InChI=1S/C15H14F2N4O2/c1-15(2,3)23-14(22)20-13-9(7-18)8-19-21(13)12-5-4-10(16)6-11(12)17/h4-6,8H,1-3H3,(H,20,22). The maximum Gasteiger partial charge on any atom is 0.413 e. The highest BCUT2D eigenvalue weighted by Gasteiger charge is 2.21. The number of nitrogens with zero attached hydrogens (tertiary/aromatic N) is 3. The maximum atomic E-state index is 13.9. The molecule has 0 aliphatic rings. The van der Waals surface area contributed by atoms with Crippen LogP contribution in [0.25, 0.3) is 5.69 Å². The van der Waals surface area contributed by atoms with Gasteiger partial charge in [-0.05, 0) is 32.9 Å². The zero-order chi connectivity index (χ0) is 17.2. The summed E-state index contributed by atoms with van der Waals surface area (Å²) >= 11 is 0. The van der Waals surface area contributed by atoms with Crippen LogP contribution in [0.5, 0.6) is 0 Å². The third kappa shape index (κ3) is 3.83. The zero-order valence-electron chi connectivity index (χ0n) is 12.7. The van der Waals surface area contributed by atoms with Crippen LogP contribution in [0.3, 0.4) is 0 Å². The predicted octanol–water partition coefficient (Wildman–Crippen LogP) is 3.37. The third-order valence-corrected chi connectivity index (χ3v) is 2.65. The Morgan fingerprint density at radius 1 is 1.39 bits per heavy atom. The summed E-state index contributed by atoms with van der Waals surface area (Å²) in [4.78, 5) is 11.9. The lowest BCUT2D eigenvalue weighted by atomic mass is 10.2. The molecule has 1 aromatic carbocycles. The Morgan fingerprint density at radius 2 is 2.09 bits per heavy atom. The fourth-order valence-corrected chi connectivity index (χ4v) is 1.79. The average molecular weight is 320 g/mol. The Balaban J connectivity index is 2.42. The Labute approximate surface area is 131 Å². The number of hydrogen-bond donors (Lipinski definition) is 1. The van der Waals surface area contributed by atoms with Crippen LogP contribution in [0.4, 0.5) is 19.4 Å². The molecule has 0 spiro atoms. The number of aromatic nitrogens is 2. The molecular formula is C15H14F2N4O2. The van der Waals surface area contributed by atoms with Crippen molar-refractivity contribution >= 4 is 11.9 Å². The monoisotopic (exact) mass is 320 g/mol. The molecule has 8 heteroatoms. The fourth-order valence-electron chi connectivity index (χ4n) is 1.79. The first kappa shape index (κ1) is 16.4. The van der Waals surface area contributed by atoms with Gasteiger partial charge in [0, 0.05) is 6.07 Å². The number of carbonyl (C=O) groups is 1. The number of halogens is 2. The van der Waals surface area contributed by atoms with Crippen LogP contribution in [0.2, 0.25) is 0 Å². The molecule has 0 aliphatic heterocycles. The lowest BCUT2D eigenvalue weighted by Gasteiger charge is -2.20. The van der Waals surface area contributed by atoms with Gasteiger partial charge >= 0.3 is 6.09 Å². The van der Waals surface area contributed by atoms with Crippen molar-refractivity contribution < 1.29 is 18.3 Å². The van der Waals surface area contributed by atoms with Crippen LogP contribution >= 0.6 is 0 Å². The maximum absolute atomic E-state index is 13.9. The van der Waals surface area contributed by atoms with Gasteiger partial charge in [-0.15, -0.1) is 0 Å². The van der Waals surface area contributed by atoms with Crippen LogP contribution in [0.15, 0.2) is 24.4 Å². The van der Waals surface area contributed by atoms with Crippen LogP contribution < -0.4 is 5.32 Å². The second kappa shape index (κ2) is 6.04.